The molecule has 5 heteroatoms. The van der Waals surface area contributed by atoms with Crippen LogP contribution in [0.5, 0.6) is 0 Å². The smallest absolute Gasteiger partial charge is 0.164 e. The Balaban J connectivity index is 1.97. The Kier molecular flexibility index (Phi) is 4.46. The lowest BCUT2D eigenvalue weighted by molar-refractivity contribution is 0.613. The van der Waals surface area contributed by atoms with Gasteiger partial charge in [-0.1, -0.05) is 30.3 Å². The third-order valence-corrected chi connectivity index (χ3v) is 3.77. The van der Waals surface area contributed by atoms with Gasteiger partial charge in [-0.25, -0.2) is 9.97 Å². The number of fused-ring (bicyclic) bond motifs is 1. The number of hydrogen-bond donors (Lipinski definition) is 2. The lowest BCUT2D eigenvalue weighted by Crippen LogP contribution is -2.06. The SMILES string of the molecule is CCNc1cc(NCc2ccccc2)c2ncn(C(C)C)c2n1. The van der Waals surface area contributed by atoms with Crippen molar-refractivity contribution in [3.63, 3.8) is 0 Å². The molecule has 2 aromatic heterocycles. The normalized spacial score (nSPS) is 11.1. The molecule has 0 atom stereocenters. The fourth-order valence-electron chi connectivity index (χ4n) is 2.58. The molecule has 23 heavy (non-hydrogen) atoms. The van der Waals surface area contributed by atoms with Gasteiger partial charge in [0.2, 0.25) is 0 Å². The summed E-state index contributed by atoms with van der Waals surface area (Å²) < 4.78 is 2.10. The fourth-order valence-corrected chi connectivity index (χ4v) is 2.58. The van der Waals surface area contributed by atoms with Crippen LogP contribution in [0.1, 0.15) is 32.4 Å². The quantitative estimate of drug-likeness (QED) is 0.721. The summed E-state index contributed by atoms with van der Waals surface area (Å²) in [5.41, 5.74) is 4.07. The number of anilines is 2. The van der Waals surface area contributed by atoms with Crippen LogP contribution < -0.4 is 10.6 Å². The maximum atomic E-state index is 4.71. The highest BCUT2D eigenvalue weighted by molar-refractivity contribution is 5.88. The van der Waals surface area contributed by atoms with E-state index >= 15 is 0 Å². The maximum Gasteiger partial charge on any atom is 0.164 e. The van der Waals surface area contributed by atoms with Crippen LogP contribution in [0.25, 0.3) is 11.2 Å². The Hall–Kier alpha value is -2.56. The van der Waals surface area contributed by atoms with E-state index in [1.807, 2.05) is 18.5 Å². The number of nitrogens with zero attached hydrogens (tertiary/aromatic N) is 3. The molecule has 3 aromatic rings. The van der Waals surface area contributed by atoms with Crippen LogP contribution in [-0.2, 0) is 6.54 Å². The van der Waals surface area contributed by atoms with Gasteiger partial charge < -0.3 is 15.2 Å². The summed E-state index contributed by atoms with van der Waals surface area (Å²) in [7, 11) is 0. The number of aromatic nitrogens is 3. The third kappa shape index (κ3) is 3.28. The van der Waals surface area contributed by atoms with Crippen LogP contribution in [0, 0.1) is 0 Å². The minimum Gasteiger partial charge on any atom is -0.379 e. The maximum absolute atomic E-state index is 4.71. The van der Waals surface area contributed by atoms with E-state index in [1.165, 1.54) is 5.56 Å². The number of imidazole rings is 1. The molecule has 0 aliphatic rings. The molecule has 0 saturated heterocycles. The zero-order valence-electron chi connectivity index (χ0n) is 13.9. The molecule has 1 aromatic carbocycles. The second-order valence-corrected chi connectivity index (χ2v) is 5.84. The predicted molar refractivity (Wildman–Crippen MR) is 95.8 cm³/mol. The van der Waals surface area contributed by atoms with Gasteiger partial charge in [0.25, 0.3) is 0 Å². The average molecular weight is 309 g/mol. The molecule has 2 heterocycles. The van der Waals surface area contributed by atoms with Crippen molar-refractivity contribution in [2.75, 3.05) is 17.2 Å². The minimum absolute atomic E-state index is 0.325. The highest BCUT2D eigenvalue weighted by Crippen LogP contribution is 2.26. The van der Waals surface area contributed by atoms with E-state index < -0.39 is 0 Å². The van der Waals surface area contributed by atoms with Gasteiger partial charge in [0, 0.05) is 25.2 Å². The lowest BCUT2D eigenvalue weighted by atomic mass is 10.2. The number of nitrogens with one attached hydrogen (secondary N) is 2. The van der Waals surface area contributed by atoms with E-state index in [2.05, 4.69) is 65.2 Å². The molecule has 0 aliphatic heterocycles. The second-order valence-electron chi connectivity index (χ2n) is 5.84. The first-order valence-electron chi connectivity index (χ1n) is 8.08. The standard InChI is InChI=1S/C18H23N5/c1-4-19-16-10-15(20-11-14-8-6-5-7-9-14)17-18(22-16)23(12-21-17)13(2)3/h5-10,12-13H,4,11H2,1-3H3,(H2,19,20,22). The van der Waals surface area contributed by atoms with Gasteiger partial charge in [0.1, 0.15) is 11.3 Å². The summed E-state index contributed by atoms with van der Waals surface area (Å²) in [6, 6.07) is 12.7. The first-order chi connectivity index (χ1) is 11.2. The zero-order valence-corrected chi connectivity index (χ0v) is 13.9. The minimum atomic E-state index is 0.325. The Morgan fingerprint density at radius 1 is 1.13 bits per heavy atom. The molecule has 0 spiro atoms. The van der Waals surface area contributed by atoms with E-state index in [-0.39, 0.29) is 0 Å². The van der Waals surface area contributed by atoms with Gasteiger partial charge in [0.15, 0.2) is 5.65 Å². The molecule has 5 nitrogen and oxygen atoms in total. The first kappa shape index (κ1) is 15.3. The van der Waals surface area contributed by atoms with Gasteiger partial charge in [-0.2, -0.15) is 0 Å². The van der Waals surface area contributed by atoms with Crippen LogP contribution in [0.15, 0.2) is 42.7 Å². The molecule has 2 N–H and O–H groups in total. The van der Waals surface area contributed by atoms with E-state index in [4.69, 9.17) is 4.98 Å². The second kappa shape index (κ2) is 6.69. The van der Waals surface area contributed by atoms with Crippen molar-refractivity contribution in [3.8, 4) is 0 Å². The summed E-state index contributed by atoms with van der Waals surface area (Å²) >= 11 is 0. The van der Waals surface area contributed by atoms with Crippen LogP contribution in [0.3, 0.4) is 0 Å². The molecule has 0 aliphatic carbocycles. The molecule has 120 valence electrons. The Bertz CT molecular complexity index is 777. The Labute approximate surface area is 136 Å². The van der Waals surface area contributed by atoms with Gasteiger partial charge in [-0.05, 0) is 26.3 Å². The molecule has 0 amide bonds. The van der Waals surface area contributed by atoms with Crippen molar-refractivity contribution in [2.24, 2.45) is 0 Å². The number of hydrogen-bond acceptors (Lipinski definition) is 4. The van der Waals surface area contributed by atoms with E-state index in [1.54, 1.807) is 0 Å². The topological polar surface area (TPSA) is 54.8 Å². The molecule has 3 rings (SSSR count). The van der Waals surface area contributed by atoms with Gasteiger partial charge in [-0.3, -0.25) is 0 Å². The molecule has 0 saturated carbocycles. The summed E-state index contributed by atoms with van der Waals surface area (Å²) in [4.78, 5) is 9.27. The van der Waals surface area contributed by atoms with Crippen LogP contribution in [0.2, 0.25) is 0 Å². The van der Waals surface area contributed by atoms with Crippen molar-refractivity contribution in [3.05, 3.63) is 48.3 Å². The molecular weight excluding hydrogens is 286 g/mol. The largest absolute Gasteiger partial charge is 0.379 e. The molecule has 0 radical (unpaired) electrons. The molecule has 0 bridgehead atoms. The third-order valence-electron chi connectivity index (χ3n) is 3.77. The highest BCUT2D eigenvalue weighted by Gasteiger charge is 2.13. The van der Waals surface area contributed by atoms with Gasteiger partial charge in [0.05, 0.1) is 12.0 Å². The van der Waals surface area contributed by atoms with Crippen LogP contribution in [-0.4, -0.2) is 21.1 Å². The van der Waals surface area contributed by atoms with E-state index in [9.17, 15) is 0 Å². The Morgan fingerprint density at radius 2 is 1.91 bits per heavy atom. The predicted octanol–water partition coefficient (Wildman–Crippen LogP) is 4.06. The van der Waals surface area contributed by atoms with Crippen molar-refractivity contribution < 1.29 is 0 Å². The Morgan fingerprint density at radius 3 is 2.61 bits per heavy atom. The van der Waals surface area contributed by atoms with Crippen molar-refractivity contribution in [1.82, 2.24) is 14.5 Å². The molecule has 0 unspecified atom stereocenters. The molecule has 0 fully saturated rings. The molecular formula is C18H23N5. The number of pyridine rings is 1. The lowest BCUT2D eigenvalue weighted by Gasteiger charge is -2.12. The summed E-state index contributed by atoms with van der Waals surface area (Å²) in [5.74, 6) is 0.873. The van der Waals surface area contributed by atoms with Crippen LogP contribution in [0.4, 0.5) is 11.5 Å². The number of benzene rings is 1. The van der Waals surface area contributed by atoms with Crippen molar-refractivity contribution >= 4 is 22.7 Å². The number of rotatable bonds is 6. The summed E-state index contributed by atoms with van der Waals surface area (Å²) in [6.07, 6.45) is 1.87. The highest BCUT2D eigenvalue weighted by atomic mass is 15.1. The monoisotopic (exact) mass is 309 g/mol. The average Bonchev–Trinajstić information content (AvgIpc) is 2.98. The fraction of sp³-hybridized carbons (Fsp3) is 0.333. The first-order valence-corrected chi connectivity index (χ1v) is 8.08. The summed E-state index contributed by atoms with van der Waals surface area (Å²) in [6.45, 7) is 7.95. The van der Waals surface area contributed by atoms with E-state index in [0.29, 0.717) is 6.04 Å². The van der Waals surface area contributed by atoms with Crippen molar-refractivity contribution in [2.45, 2.75) is 33.4 Å². The zero-order chi connectivity index (χ0) is 16.2. The van der Waals surface area contributed by atoms with Crippen molar-refractivity contribution in [1.29, 1.82) is 0 Å². The van der Waals surface area contributed by atoms with Gasteiger partial charge >= 0.3 is 0 Å². The van der Waals surface area contributed by atoms with E-state index in [0.717, 1.165) is 35.8 Å². The summed E-state index contributed by atoms with van der Waals surface area (Å²) in [5, 5.41) is 6.80. The van der Waals surface area contributed by atoms with Gasteiger partial charge in [-0.15, -0.1) is 0 Å². The van der Waals surface area contributed by atoms with Crippen LogP contribution >= 0.6 is 0 Å².